The normalized spacial score (nSPS) is 12.4. The van der Waals surface area contributed by atoms with Gasteiger partial charge in [0.15, 0.2) is 0 Å². The van der Waals surface area contributed by atoms with E-state index in [0.717, 1.165) is 4.57 Å². The van der Waals surface area contributed by atoms with Crippen molar-refractivity contribution in [2.45, 2.75) is 13.0 Å². The lowest BCUT2D eigenvalue weighted by atomic mass is 10.3. The summed E-state index contributed by atoms with van der Waals surface area (Å²) in [5, 5.41) is 8.57. The Labute approximate surface area is 68.3 Å². The van der Waals surface area contributed by atoms with Crippen molar-refractivity contribution in [1.82, 2.24) is 9.55 Å². The lowest BCUT2D eigenvalue weighted by molar-refractivity contribution is -0.140. The van der Waals surface area contributed by atoms with Crippen LogP contribution in [0.25, 0.3) is 0 Å². The molecule has 0 saturated heterocycles. The molecule has 0 aromatic carbocycles. The molecule has 1 rings (SSSR count). The van der Waals surface area contributed by atoms with Gasteiger partial charge in [-0.05, 0) is 13.0 Å². The third-order valence-electron chi connectivity index (χ3n) is 1.51. The van der Waals surface area contributed by atoms with Gasteiger partial charge in [0.1, 0.15) is 6.04 Å². The van der Waals surface area contributed by atoms with Crippen LogP contribution in [0.1, 0.15) is 13.0 Å². The zero-order chi connectivity index (χ0) is 9.14. The average molecular weight is 168 g/mol. The molecule has 0 spiro atoms. The van der Waals surface area contributed by atoms with Crippen LogP contribution < -0.4 is 5.69 Å². The van der Waals surface area contributed by atoms with Crippen molar-refractivity contribution in [1.29, 1.82) is 0 Å². The molecule has 1 heterocycles. The van der Waals surface area contributed by atoms with E-state index in [-0.39, 0.29) is 0 Å². The van der Waals surface area contributed by atoms with Gasteiger partial charge >= 0.3 is 11.7 Å². The molecule has 12 heavy (non-hydrogen) atoms. The third kappa shape index (κ3) is 1.50. The predicted octanol–water partition coefficient (Wildman–Crippen LogP) is -0.111. The van der Waals surface area contributed by atoms with Gasteiger partial charge in [0.25, 0.3) is 0 Å². The highest BCUT2D eigenvalue weighted by molar-refractivity contribution is 5.71. The number of hydrogen-bond donors (Lipinski definition) is 1. The molecule has 1 atom stereocenters. The van der Waals surface area contributed by atoms with Crippen LogP contribution in [0.15, 0.2) is 23.3 Å². The van der Waals surface area contributed by atoms with Gasteiger partial charge < -0.3 is 5.11 Å². The number of hydrogen-bond acceptors (Lipinski definition) is 3. The molecule has 1 aromatic heterocycles. The van der Waals surface area contributed by atoms with Crippen LogP contribution in [0.2, 0.25) is 0 Å². The number of carboxylic acids is 1. The van der Waals surface area contributed by atoms with Crippen molar-refractivity contribution in [3.63, 3.8) is 0 Å². The molecule has 0 saturated carbocycles. The second kappa shape index (κ2) is 3.17. The van der Waals surface area contributed by atoms with Crippen molar-refractivity contribution in [2.75, 3.05) is 0 Å². The molecule has 0 radical (unpaired) electrons. The van der Waals surface area contributed by atoms with Gasteiger partial charge in [-0.2, -0.15) is 0 Å². The van der Waals surface area contributed by atoms with Crippen LogP contribution >= 0.6 is 0 Å². The first-order valence-corrected chi connectivity index (χ1v) is 3.39. The Hall–Kier alpha value is -1.65. The first-order valence-electron chi connectivity index (χ1n) is 3.39. The van der Waals surface area contributed by atoms with Crippen LogP contribution in [0, 0.1) is 0 Å². The van der Waals surface area contributed by atoms with Gasteiger partial charge in [-0.15, -0.1) is 0 Å². The highest BCUT2D eigenvalue weighted by atomic mass is 16.4. The summed E-state index contributed by atoms with van der Waals surface area (Å²) >= 11 is 0. The van der Waals surface area contributed by atoms with Crippen molar-refractivity contribution in [3.8, 4) is 0 Å². The summed E-state index contributed by atoms with van der Waals surface area (Å²) in [5.41, 5.74) is -0.549. The summed E-state index contributed by atoms with van der Waals surface area (Å²) in [5.74, 6) is -1.05. The molecule has 64 valence electrons. The molecule has 1 N–H and O–H groups in total. The summed E-state index contributed by atoms with van der Waals surface area (Å²) < 4.78 is 1.06. The molecule has 1 aromatic rings. The first kappa shape index (κ1) is 8.45. The molecule has 0 amide bonds. The van der Waals surface area contributed by atoms with E-state index in [2.05, 4.69) is 4.98 Å². The Morgan fingerprint density at radius 2 is 2.42 bits per heavy atom. The lowest BCUT2D eigenvalue weighted by Gasteiger charge is -2.07. The quantitative estimate of drug-likeness (QED) is 0.668. The van der Waals surface area contributed by atoms with E-state index in [1.165, 1.54) is 25.4 Å². The smallest absolute Gasteiger partial charge is 0.348 e. The van der Waals surface area contributed by atoms with Crippen LogP contribution in [0.5, 0.6) is 0 Å². The monoisotopic (exact) mass is 168 g/mol. The highest BCUT2D eigenvalue weighted by Crippen LogP contribution is 1.99. The zero-order valence-corrected chi connectivity index (χ0v) is 6.47. The van der Waals surface area contributed by atoms with E-state index in [1.54, 1.807) is 0 Å². The van der Waals surface area contributed by atoms with Crippen LogP contribution in [0.3, 0.4) is 0 Å². The zero-order valence-electron chi connectivity index (χ0n) is 6.47. The van der Waals surface area contributed by atoms with E-state index in [0.29, 0.717) is 0 Å². The molecule has 0 unspecified atom stereocenters. The Morgan fingerprint density at radius 3 is 2.92 bits per heavy atom. The molecule has 0 aliphatic carbocycles. The maximum Gasteiger partial charge on any atom is 0.348 e. The number of nitrogens with zero attached hydrogens (tertiary/aromatic N) is 2. The summed E-state index contributed by atoms with van der Waals surface area (Å²) in [6.07, 6.45) is 2.72. The molecule has 5 nitrogen and oxygen atoms in total. The van der Waals surface area contributed by atoms with Crippen LogP contribution in [-0.4, -0.2) is 20.6 Å². The van der Waals surface area contributed by atoms with E-state index >= 15 is 0 Å². The summed E-state index contributed by atoms with van der Waals surface area (Å²) in [6.45, 7) is 1.42. The summed E-state index contributed by atoms with van der Waals surface area (Å²) in [6, 6.07) is 0.645. The minimum atomic E-state index is -1.05. The van der Waals surface area contributed by atoms with Crippen molar-refractivity contribution >= 4 is 5.97 Å². The largest absolute Gasteiger partial charge is 0.480 e. The first-order chi connectivity index (χ1) is 5.63. The fourth-order valence-corrected chi connectivity index (χ4v) is 0.782. The van der Waals surface area contributed by atoms with Crippen molar-refractivity contribution in [3.05, 3.63) is 28.9 Å². The van der Waals surface area contributed by atoms with Gasteiger partial charge in [0.2, 0.25) is 0 Å². The molecular formula is C7H8N2O3. The van der Waals surface area contributed by atoms with Crippen molar-refractivity contribution in [2.24, 2.45) is 0 Å². The maximum absolute atomic E-state index is 11.0. The third-order valence-corrected chi connectivity index (χ3v) is 1.51. The molecule has 0 fully saturated rings. The number of aliphatic carboxylic acids is 1. The van der Waals surface area contributed by atoms with Gasteiger partial charge in [0.05, 0.1) is 0 Å². The number of aromatic nitrogens is 2. The van der Waals surface area contributed by atoms with Crippen LogP contribution in [0.4, 0.5) is 0 Å². The number of carboxylic acid groups (broad SMARTS) is 1. The molecule has 0 bridgehead atoms. The Morgan fingerprint density at radius 1 is 1.75 bits per heavy atom. The standard InChI is InChI=1S/C7H8N2O3/c1-5(6(10)11)9-4-2-3-8-7(9)12/h2-5H,1H3,(H,10,11)/t5-/m1/s1. The van der Waals surface area contributed by atoms with Gasteiger partial charge in [-0.1, -0.05) is 0 Å². The van der Waals surface area contributed by atoms with E-state index < -0.39 is 17.7 Å². The molecule has 5 heteroatoms. The van der Waals surface area contributed by atoms with Gasteiger partial charge in [0, 0.05) is 12.4 Å². The topological polar surface area (TPSA) is 72.2 Å². The predicted molar refractivity (Wildman–Crippen MR) is 40.8 cm³/mol. The summed E-state index contributed by atoms with van der Waals surface area (Å²) in [4.78, 5) is 24.8. The molecule has 0 aliphatic rings. The second-order valence-corrected chi connectivity index (χ2v) is 2.32. The maximum atomic E-state index is 11.0. The second-order valence-electron chi connectivity index (χ2n) is 2.32. The number of carbonyl (C=O) groups is 1. The Bertz CT molecular complexity index is 345. The SMILES string of the molecule is C[C@H](C(=O)O)n1cccnc1=O. The Kier molecular flexibility index (Phi) is 2.23. The van der Waals surface area contributed by atoms with Crippen molar-refractivity contribution < 1.29 is 9.90 Å². The fraction of sp³-hybridized carbons (Fsp3) is 0.286. The van der Waals surface area contributed by atoms with E-state index in [1.807, 2.05) is 0 Å². The molecule has 0 aliphatic heterocycles. The molecular weight excluding hydrogens is 160 g/mol. The van der Waals surface area contributed by atoms with Gasteiger partial charge in [-0.25, -0.2) is 14.6 Å². The van der Waals surface area contributed by atoms with E-state index in [4.69, 9.17) is 5.11 Å². The highest BCUT2D eigenvalue weighted by Gasteiger charge is 2.13. The number of rotatable bonds is 2. The minimum Gasteiger partial charge on any atom is -0.480 e. The van der Waals surface area contributed by atoms with E-state index in [9.17, 15) is 9.59 Å². The summed E-state index contributed by atoms with van der Waals surface area (Å²) in [7, 11) is 0. The van der Waals surface area contributed by atoms with Gasteiger partial charge in [-0.3, -0.25) is 4.57 Å². The Balaban J connectivity index is 3.11. The lowest BCUT2D eigenvalue weighted by Crippen LogP contribution is -2.28. The average Bonchev–Trinajstić information content (AvgIpc) is 2.04. The fourth-order valence-electron chi connectivity index (χ4n) is 0.782. The minimum absolute atomic E-state index is 0.549. The van der Waals surface area contributed by atoms with Crippen LogP contribution in [-0.2, 0) is 4.79 Å².